The topological polar surface area (TPSA) is 41.6 Å². The number of amides is 1. The summed E-state index contributed by atoms with van der Waals surface area (Å²) in [5, 5.41) is 3.48. The highest BCUT2D eigenvalue weighted by Gasteiger charge is 2.34. The molecule has 1 aliphatic heterocycles. The summed E-state index contributed by atoms with van der Waals surface area (Å²) < 4.78 is 5.41. The summed E-state index contributed by atoms with van der Waals surface area (Å²) in [4.78, 5) is 14.3. The zero-order chi connectivity index (χ0) is 12.8. The minimum absolute atomic E-state index is 0.280. The van der Waals surface area contributed by atoms with Gasteiger partial charge in [-0.1, -0.05) is 6.92 Å². The van der Waals surface area contributed by atoms with E-state index in [1.165, 1.54) is 25.7 Å². The molecule has 1 amide bonds. The van der Waals surface area contributed by atoms with Crippen LogP contribution >= 0.6 is 0 Å². The van der Waals surface area contributed by atoms with Gasteiger partial charge < -0.3 is 15.0 Å². The molecule has 2 aliphatic rings. The molecule has 1 aliphatic carbocycles. The van der Waals surface area contributed by atoms with Crippen molar-refractivity contribution in [2.45, 2.75) is 57.5 Å². The van der Waals surface area contributed by atoms with Gasteiger partial charge in [0.25, 0.3) is 0 Å². The van der Waals surface area contributed by atoms with Crippen LogP contribution in [0.1, 0.15) is 45.4 Å². The van der Waals surface area contributed by atoms with Gasteiger partial charge in [-0.2, -0.15) is 0 Å². The van der Waals surface area contributed by atoms with Crippen molar-refractivity contribution in [1.29, 1.82) is 0 Å². The molecule has 1 heterocycles. The zero-order valence-corrected chi connectivity index (χ0v) is 11.5. The van der Waals surface area contributed by atoms with Crippen molar-refractivity contribution in [3.63, 3.8) is 0 Å². The molecule has 18 heavy (non-hydrogen) atoms. The van der Waals surface area contributed by atoms with Crippen LogP contribution in [0.4, 0.5) is 0 Å². The molecular weight excluding hydrogens is 228 g/mol. The predicted octanol–water partition coefficient (Wildman–Crippen LogP) is 1.55. The van der Waals surface area contributed by atoms with Crippen molar-refractivity contribution < 1.29 is 9.53 Å². The van der Waals surface area contributed by atoms with Gasteiger partial charge in [0.1, 0.15) is 0 Å². The van der Waals surface area contributed by atoms with Crippen LogP contribution in [0.2, 0.25) is 0 Å². The standard InChI is InChI=1S/C14H26N2O2/c1-2-9-18-10-7-14(17)16(13-5-6-13)11-12-4-3-8-15-12/h12-13,15H,2-11H2,1H3. The molecule has 104 valence electrons. The van der Waals surface area contributed by atoms with Crippen LogP contribution < -0.4 is 5.32 Å². The lowest BCUT2D eigenvalue weighted by Crippen LogP contribution is -2.42. The van der Waals surface area contributed by atoms with Gasteiger partial charge in [0, 0.05) is 25.2 Å². The van der Waals surface area contributed by atoms with Gasteiger partial charge in [0.2, 0.25) is 5.91 Å². The molecule has 0 radical (unpaired) electrons. The molecule has 0 aromatic heterocycles. The predicted molar refractivity (Wildman–Crippen MR) is 71.5 cm³/mol. The average Bonchev–Trinajstić information content (AvgIpc) is 3.08. The van der Waals surface area contributed by atoms with Crippen molar-refractivity contribution in [1.82, 2.24) is 10.2 Å². The van der Waals surface area contributed by atoms with Gasteiger partial charge in [-0.25, -0.2) is 0 Å². The van der Waals surface area contributed by atoms with E-state index in [4.69, 9.17) is 4.74 Å². The van der Waals surface area contributed by atoms with Crippen LogP contribution in [0, 0.1) is 0 Å². The number of carbonyl (C=O) groups is 1. The maximum absolute atomic E-state index is 12.2. The van der Waals surface area contributed by atoms with E-state index < -0.39 is 0 Å². The van der Waals surface area contributed by atoms with Gasteiger partial charge >= 0.3 is 0 Å². The van der Waals surface area contributed by atoms with Crippen molar-refractivity contribution in [2.75, 3.05) is 26.3 Å². The van der Waals surface area contributed by atoms with E-state index in [-0.39, 0.29) is 5.91 Å². The fourth-order valence-corrected chi connectivity index (χ4v) is 2.54. The lowest BCUT2D eigenvalue weighted by Gasteiger charge is -2.26. The quantitative estimate of drug-likeness (QED) is 0.668. The first kappa shape index (κ1) is 13.8. The Morgan fingerprint density at radius 1 is 1.33 bits per heavy atom. The first-order chi connectivity index (χ1) is 8.81. The van der Waals surface area contributed by atoms with Gasteiger partial charge in [0.15, 0.2) is 0 Å². The van der Waals surface area contributed by atoms with E-state index in [2.05, 4.69) is 17.1 Å². The Kier molecular flexibility index (Phi) is 5.45. The molecule has 1 N–H and O–H groups in total. The van der Waals surface area contributed by atoms with Crippen LogP contribution in [-0.4, -0.2) is 49.2 Å². The molecular formula is C14H26N2O2. The third kappa shape index (κ3) is 4.25. The number of nitrogens with zero attached hydrogens (tertiary/aromatic N) is 1. The Balaban J connectivity index is 1.72. The molecule has 0 bridgehead atoms. The van der Waals surface area contributed by atoms with Gasteiger partial charge in [0.05, 0.1) is 13.0 Å². The fourth-order valence-electron chi connectivity index (χ4n) is 2.54. The highest BCUT2D eigenvalue weighted by atomic mass is 16.5. The highest BCUT2D eigenvalue weighted by Crippen LogP contribution is 2.28. The lowest BCUT2D eigenvalue weighted by atomic mass is 10.2. The molecule has 1 atom stereocenters. The molecule has 2 rings (SSSR count). The number of hydrogen-bond acceptors (Lipinski definition) is 3. The number of nitrogens with one attached hydrogen (secondary N) is 1. The van der Waals surface area contributed by atoms with Crippen molar-refractivity contribution in [3.05, 3.63) is 0 Å². The maximum Gasteiger partial charge on any atom is 0.225 e. The summed E-state index contributed by atoms with van der Waals surface area (Å²) in [6, 6.07) is 1.04. The number of hydrogen-bond donors (Lipinski definition) is 1. The van der Waals surface area contributed by atoms with E-state index >= 15 is 0 Å². The molecule has 0 spiro atoms. The van der Waals surface area contributed by atoms with E-state index in [0.29, 0.717) is 25.1 Å². The SMILES string of the molecule is CCCOCCC(=O)N(CC1CCCN1)C1CC1. The van der Waals surface area contributed by atoms with Crippen LogP contribution in [-0.2, 0) is 9.53 Å². The number of rotatable bonds is 8. The Morgan fingerprint density at radius 3 is 2.78 bits per heavy atom. The zero-order valence-electron chi connectivity index (χ0n) is 11.5. The molecule has 4 heteroatoms. The van der Waals surface area contributed by atoms with E-state index in [0.717, 1.165) is 26.1 Å². The average molecular weight is 254 g/mol. The van der Waals surface area contributed by atoms with Crippen molar-refractivity contribution in [3.8, 4) is 0 Å². The summed E-state index contributed by atoms with van der Waals surface area (Å²) in [6.07, 6.45) is 6.40. The second kappa shape index (κ2) is 7.10. The smallest absolute Gasteiger partial charge is 0.225 e. The lowest BCUT2D eigenvalue weighted by molar-refractivity contribution is -0.133. The molecule has 1 saturated carbocycles. The Morgan fingerprint density at radius 2 is 2.17 bits per heavy atom. The van der Waals surface area contributed by atoms with E-state index in [9.17, 15) is 4.79 Å². The van der Waals surface area contributed by atoms with Crippen LogP contribution in [0.5, 0.6) is 0 Å². The first-order valence-corrected chi connectivity index (χ1v) is 7.42. The van der Waals surface area contributed by atoms with Crippen molar-refractivity contribution in [2.24, 2.45) is 0 Å². The number of carbonyl (C=O) groups excluding carboxylic acids is 1. The Labute approximate surface area is 110 Å². The normalized spacial score (nSPS) is 23.3. The third-order valence-electron chi connectivity index (χ3n) is 3.70. The van der Waals surface area contributed by atoms with Gasteiger partial charge in [-0.05, 0) is 38.6 Å². The second-order valence-electron chi connectivity index (χ2n) is 5.43. The molecule has 0 aromatic carbocycles. The fraction of sp³-hybridized carbons (Fsp3) is 0.929. The molecule has 1 unspecified atom stereocenters. The largest absolute Gasteiger partial charge is 0.381 e. The Bertz CT molecular complexity index is 261. The summed E-state index contributed by atoms with van der Waals surface area (Å²) in [5.41, 5.74) is 0. The molecule has 4 nitrogen and oxygen atoms in total. The third-order valence-corrected chi connectivity index (χ3v) is 3.70. The van der Waals surface area contributed by atoms with Crippen LogP contribution in [0.15, 0.2) is 0 Å². The number of ether oxygens (including phenoxy) is 1. The highest BCUT2D eigenvalue weighted by molar-refractivity contribution is 5.77. The maximum atomic E-state index is 12.2. The first-order valence-electron chi connectivity index (χ1n) is 7.42. The van der Waals surface area contributed by atoms with Gasteiger partial charge in [-0.3, -0.25) is 4.79 Å². The second-order valence-corrected chi connectivity index (χ2v) is 5.43. The molecule has 0 aromatic rings. The van der Waals surface area contributed by atoms with E-state index in [1.54, 1.807) is 0 Å². The molecule has 2 fully saturated rings. The summed E-state index contributed by atoms with van der Waals surface area (Å²) >= 11 is 0. The minimum atomic E-state index is 0.280. The van der Waals surface area contributed by atoms with Crippen LogP contribution in [0.25, 0.3) is 0 Å². The van der Waals surface area contributed by atoms with Crippen molar-refractivity contribution >= 4 is 5.91 Å². The molecule has 1 saturated heterocycles. The minimum Gasteiger partial charge on any atom is -0.381 e. The summed E-state index contributed by atoms with van der Waals surface area (Å²) in [5.74, 6) is 0.280. The monoisotopic (exact) mass is 254 g/mol. The summed E-state index contributed by atoms with van der Waals surface area (Å²) in [7, 11) is 0. The van der Waals surface area contributed by atoms with Crippen LogP contribution in [0.3, 0.4) is 0 Å². The Hall–Kier alpha value is -0.610. The summed E-state index contributed by atoms with van der Waals surface area (Å²) in [6.45, 7) is 5.44. The van der Waals surface area contributed by atoms with E-state index in [1.807, 2.05) is 0 Å². The van der Waals surface area contributed by atoms with Gasteiger partial charge in [-0.15, -0.1) is 0 Å².